The van der Waals surface area contributed by atoms with Crippen LogP contribution in [0.4, 0.5) is 0 Å². The van der Waals surface area contributed by atoms with Gasteiger partial charge in [0.2, 0.25) is 19.3 Å². The fraction of sp³-hybridized carbons (Fsp3) is 0.381. The van der Waals surface area contributed by atoms with Crippen LogP contribution < -0.4 is 23.7 Å². The van der Waals surface area contributed by atoms with Gasteiger partial charge in [0.05, 0.1) is 25.7 Å². The van der Waals surface area contributed by atoms with E-state index in [1.54, 1.807) is 0 Å². The Morgan fingerprint density at radius 2 is 1.79 bits per heavy atom. The number of carbonyl (C=O) groups is 1. The number of hydrogen-bond donors (Lipinski definition) is 1. The van der Waals surface area contributed by atoms with E-state index in [4.69, 9.17) is 28.4 Å². The number of fused-ring (bicyclic) bond motifs is 4. The van der Waals surface area contributed by atoms with Crippen LogP contribution in [0.2, 0.25) is 0 Å². The van der Waals surface area contributed by atoms with E-state index in [0.29, 0.717) is 34.3 Å². The molecule has 6 rings (SSSR count). The number of hydrogen-bond acceptors (Lipinski definition) is 8. The minimum absolute atomic E-state index is 0.0777. The second-order valence-electron chi connectivity index (χ2n) is 7.50. The molecule has 0 spiro atoms. The molecule has 1 saturated heterocycles. The molecule has 8 heteroatoms. The van der Waals surface area contributed by atoms with Crippen LogP contribution in [-0.2, 0) is 9.53 Å². The van der Waals surface area contributed by atoms with Gasteiger partial charge < -0.3 is 33.5 Å². The topological polar surface area (TPSA) is 92.7 Å². The van der Waals surface area contributed by atoms with Gasteiger partial charge in [-0.2, -0.15) is 0 Å². The van der Waals surface area contributed by atoms with Gasteiger partial charge >= 0.3 is 5.97 Å². The zero-order valence-corrected chi connectivity index (χ0v) is 15.5. The number of rotatable bonds is 2. The number of aliphatic hydroxyl groups is 1. The Labute approximate surface area is 165 Å². The molecule has 0 saturated carbocycles. The molecule has 4 aliphatic rings. The highest BCUT2D eigenvalue weighted by Crippen LogP contribution is 2.58. The lowest BCUT2D eigenvalue weighted by Crippen LogP contribution is -2.35. The van der Waals surface area contributed by atoms with Crippen molar-refractivity contribution < 1.29 is 38.3 Å². The average molecular weight is 398 g/mol. The number of carbonyl (C=O) groups excluding carboxylic acids is 1. The SMILES string of the molecule is COc1c2c(cc3c1[C@H](O)[C@H]1COC(=O)[C@@H]1[C@@H]3c1ccc3c(c1)OCO3)OCO2. The number of ether oxygens (including phenoxy) is 6. The summed E-state index contributed by atoms with van der Waals surface area (Å²) in [5.74, 6) is 1.14. The van der Waals surface area contributed by atoms with Crippen LogP contribution in [0.3, 0.4) is 0 Å². The summed E-state index contributed by atoms with van der Waals surface area (Å²) in [4.78, 5) is 12.7. The molecule has 29 heavy (non-hydrogen) atoms. The van der Waals surface area contributed by atoms with Gasteiger partial charge in [0.1, 0.15) is 0 Å². The lowest BCUT2D eigenvalue weighted by Gasteiger charge is -2.37. The first kappa shape index (κ1) is 16.8. The highest BCUT2D eigenvalue weighted by Gasteiger charge is 2.53. The summed E-state index contributed by atoms with van der Waals surface area (Å²) < 4.78 is 33.1. The van der Waals surface area contributed by atoms with Crippen molar-refractivity contribution in [1.29, 1.82) is 0 Å². The van der Waals surface area contributed by atoms with E-state index >= 15 is 0 Å². The third kappa shape index (κ3) is 2.20. The molecule has 3 heterocycles. The van der Waals surface area contributed by atoms with Gasteiger partial charge in [-0.15, -0.1) is 0 Å². The normalized spacial score (nSPS) is 28.0. The van der Waals surface area contributed by atoms with Crippen molar-refractivity contribution in [2.75, 3.05) is 27.3 Å². The van der Waals surface area contributed by atoms with E-state index < -0.39 is 12.0 Å². The molecule has 0 radical (unpaired) electrons. The predicted molar refractivity (Wildman–Crippen MR) is 96.4 cm³/mol. The van der Waals surface area contributed by atoms with Crippen LogP contribution in [0.15, 0.2) is 24.3 Å². The number of cyclic esters (lactones) is 1. The largest absolute Gasteiger partial charge is 0.492 e. The third-order valence-electron chi connectivity index (χ3n) is 6.20. The Balaban J connectivity index is 1.60. The van der Waals surface area contributed by atoms with Crippen LogP contribution in [-0.4, -0.2) is 38.4 Å². The molecule has 0 amide bonds. The summed E-state index contributed by atoms with van der Waals surface area (Å²) in [5.41, 5.74) is 2.24. The molecular formula is C21H18O8. The molecule has 1 fully saturated rings. The molecule has 8 nitrogen and oxygen atoms in total. The quantitative estimate of drug-likeness (QED) is 0.769. The molecule has 3 aliphatic heterocycles. The minimum Gasteiger partial charge on any atom is -0.492 e. The molecule has 0 unspecified atom stereocenters. The highest BCUT2D eigenvalue weighted by molar-refractivity contribution is 5.79. The number of aliphatic hydroxyl groups excluding tert-OH is 1. The lowest BCUT2D eigenvalue weighted by atomic mass is 9.66. The number of methoxy groups -OCH3 is 1. The second kappa shape index (κ2) is 5.93. The van der Waals surface area contributed by atoms with Crippen LogP contribution in [0.5, 0.6) is 28.7 Å². The summed E-state index contributed by atoms with van der Waals surface area (Å²) in [5, 5.41) is 11.2. The Hall–Kier alpha value is -3.13. The van der Waals surface area contributed by atoms with Crippen LogP contribution in [0.1, 0.15) is 28.7 Å². The average Bonchev–Trinajstić information content (AvgIpc) is 3.46. The van der Waals surface area contributed by atoms with Crippen LogP contribution in [0, 0.1) is 11.8 Å². The zero-order chi connectivity index (χ0) is 19.7. The predicted octanol–water partition coefficient (Wildman–Crippen LogP) is 2.12. The van der Waals surface area contributed by atoms with E-state index in [9.17, 15) is 9.90 Å². The molecule has 4 atom stereocenters. The lowest BCUT2D eigenvalue weighted by molar-refractivity contribution is -0.141. The Bertz CT molecular complexity index is 1030. The van der Waals surface area contributed by atoms with Gasteiger partial charge in [-0.25, -0.2) is 0 Å². The van der Waals surface area contributed by atoms with Crippen molar-refractivity contribution in [3.8, 4) is 28.7 Å². The molecule has 0 aromatic heterocycles. The maximum absolute atomic E-state index is 12.7. The highest BCUT2D eigenvalue weighted by atomic mass is 16.7. The van der Waals surface area contributed by atoms with E-state index in [-0.39, 0.29) is 38.0 Å². The van der Waals surface area contributed by atoms with Crippen molar-refractivity contribution in [2.24, 2.45) is 11.8 Å². The van der Waals surface area contributed by atoms with Gasteiger partial charge in [0, 0.05) is 17.4 Å². The molecule has 1 N–H and O–H groups in total. The van der Waals surface area contributed by atoms with Crippen molar-refractivity contribution in [2.45, 2.75) is 12.0 Å². The first-order chi connectivity index (χ1) is 14.2. The van der Waals surface area contributed by atoms with Gasteiger partial charge in [0.25, 0.3) is 0 Å². The summed E-state index contributed by atoms with van der Waals surface area (Å²) in [6, 6.07) is 7.47. The Kier molecular flexibility index (Phi) is 3.44. The first-order valence-electron chi connectivity index (χ1n) is 9.42. The van der Waals surface area contributed by atoms with Crippen LogP contribution in [0.25, 0.3) is 0 Å². The van der Waals surface area contributed by atoms with Gasteiger partial charge in [-0.1, -0.05) is 6.07 Å². The van der Waals surface area contributed by atoms with Crippen molar-refractivity contribution in [1.82, 2.24) is 0 Å². The van der Waals surface area contributed by atoms with Gasteiger partial charge in [0.15, 0.2) is 23.0 Å². The summed E-state index contributed by atoms with van der Waals surface area (Å²) >= 11 is 0. The van der Waals surface area contributed by atoms with E-state index in [2.05, 4.69) is 0 Å². The molecule has 0 bridgehead atoms. The summed E-state index contributed by atoms with van der Waals surface area (Å²) in [6.07, 6.45) is -0.920. The fourth-order valence-electron chi connectivity index (χ4n) is 4.94. The van der Waals surface area contributed by atoms with E-state index in [0.717, 1.165) is 11.1 Å². The van der Waals surface area contributed by atoms with E-state index in [1.165, 1.54) is 7.11 Å². The third-order valence-corrected chi connectivity index (χ3v) is 6.20. The maximum Gasteiger partial charge on any atom is 0.310 e. The maximum atomic E-state index is 12.7. The molecule has 150 valence electrons. The summed E-state index contributed by atoms with van der Waals surface area (Å²) in [6.45, 7) is 0.399. The van der Waals surface area contributed by atoms with Crippen LogP contribution >= 0.6 is 0 Å². The second-order valence-corrected chi connectivity index (χ2v) is 7.50. The molecule has 2 aromatic carbocycles. The molecule has 1 aliphatic carbocycles. The van der Waals surface area contributed by atoms with Crippen molar-refractivity contribution in [3.05, 3.63) is 41.0 Å². The fourth-order valence-corrected chi connectivity index (χ4v) is 4.94. The van der Waals surface area contributed by atoms with E-state index in [1.807, 2.05) is 24.3 Å². The number of esters is 1. The Morgan fingerprint density at radius 1 is 1.00 bits per heavy atom. The monoisotopic (exact) mass is 398 g/mol. The smallest absolute Gasteiger partial charge is 0.310 e. The van der Waals surface area contributed by atoms with Gasteiger partial charge in [-0.05, 0) is 29.3 Å². The first-order valence-corrected chi connectivity index (χ1v) is 9.42. The molecular weight excluding hydrogens is 380 g/mol. The minimum atomic E-state index is -0.920. The van der Waals surface area contributed by atoms with Gasteiger partial charge in [-0.3, -0.25) is 4.79 Å². The standard InChI is InChI=1S/C21H18O8/c1-24-20-17-10(5-14-19(20)29-8-28-14)15(16-11(18(17)22)6-25-21(16)23)9-2-3-12-13(4-9)27-7-26-12/h2-5,11,15-16,18,22H,6-8H2,1H3/t11-,15+,16-,18+/m0/s1. The molecule has 2 aromatic rings. The Morgan fingerprint density at radius 3 is 2.66 bits per heavy atom. The summed E-state index contributed by atoms with van der Waals surface area (Å²) in [7, 11) is 1.53. The van der Waals surface area contributed by atoms with Crippen molar-refractivity contribution in [3.63, 3.8) is 0 Å². The number of benzene rings is 2. The zero-order valence-electron chi connectivity index (χ0n) is 15.5. The van der Waals surface area contributed by atoms with Crippen molar-refractivity contribution >= 4 is 5.97 Å².